The summed E-state index contributed by atoms with van der Waals surface area (Å²) in [5.41, 5.74) is 0.0742. The number of imidazole rings is 1. The van der Waals surface area contributed by atoms with E-state index in [0.29, 0.717) is 29.2 Å². The predicted molar refractivity (Wildman–Crippen MR) is 95.4 cm³/mol. The number of imide groups is 1. The first-order valence-electron chi connectivity index (χ1n) is 8.58. The number of nitrogens with one attached hydrogen (secondary N) is 2. The second-order valence-electron chi connectivity index (χ2n) is 6.33. The highest BCUT2D eigenvalue weighted by molar-refractivity contribution is 7.99. The molecular weight excluding hydrogens is 381 g/mol. The molecule has 146 valence electrons. The molecule has 0 bridgehead atoms. The molecule has 1 aromatic carbocycles. The van der Waals surface area contributed by atoms with Crippen LogP contribution in [-0.4, -0.2) is 33.3 Å². The molecule has 1 aliphatic rings. The Hall–Kier alpha value is -2.23. The smallest absolute Gasteiger partial charge is 0.335 e. The van der Waals surface area contributed by atoms with Gasteiger partial charge in [0.25, 0.3) is 0 Å². The number of nitrogens with zero attached hydrogens (tertiary/aromatic N) is 2. The summed E-state index contributed by atoms with van der Waals surface area (Å²) >= 11 is 1.09. The number of hydrogen-bond acceptors (Lipinski definition) is 4. The molecule has 0 atom stereocenters. The van der Waals surface area contributed by atoms with E-state index in [9.17, 15) is 22.8 Å². The van der Waals surface area contributed by atoms with Crippen LogP contribution in [0.1, 0.15) is 31.7 Å². The molecule has 1 heterocycles. The van der Waals surface area contributed by atoms with Gasteiger partial charge < -0.3 is 9.88 Å². The van der Waals surface area contributed by atoms with Gasteiger partial charge in [0.2, 0.25) is 5.91 Å². The summed E-state index contributed by atoms with van der Waals surface area (Å²) in [6.07, 6.45) is -1.91. The number of amides is 3. The third-order valence-electron chi connectivity index (χ3n) is 3.99. The van der Waals surface area contributed by atoms with E-state index in [4.69, 9.17) is 0 Å². The van der Waals surface area contributed by atoms with Gasteiger partial charge in [-0.05, 0) is 37.5 Å². The summed E-state index contributed by atoms with van der Waals surface area (Å²) in [4.78, 5) is 27.8. The molecule has 1 saturated carbocycles. The molecule has 10 heteroatoms. The normalized spacial score (nSPS) is 14.4. The van der Waals surface area contributed by atoms with E-state index in [1.165, 1.54) is 6.07 Å². The van der Waals surface area contributed by atoms with Crippen molar-refractivity contribution in [2.24, 2.45) is 0 Å². The van der Waals surface area contributed by atoms with Crippen molar-refractivity contribution in [1.29, 1.82) is 0 Å². The number of urea groups is 1. The lowest BCUT2D eigenvalue weighted by Crippen LogP contribution is -2.41. The van der Waals surface area contributed by atoms with Crippen LogP contribution >= 0.6 is 11.8 Å². The van der Waals surface area contributed by atoms with Crippen LogP contribution in [0.25, 0.3) is 11.0 Å². The predicted octanol–water partition coefficient (Wildman–Crippen LogP) is 3.55. The molecule has 0 saturated heterocycles. The third kappa shape index (κ3) is 4.94. The summed E-state index contributed by atoms with van der Waals surface area (Å²) in [7, 11) is 0. The Morgan fingerprint density at radius 1 is 1.33 bits per heavy atom. The number of carbonyl (C=O) groups is 2. The van der Waals surface area contributed by atoms with Crippen molar-refractivity contribution in [1.82, 2.24) is 20.2 Å². The molecule has 3 amide bonds. The monoisotopic (exact) mass is 400 g/mol. The van der Waals surface area contributed by atoms with E-state index in [1.54, 1.807) is 4.57 Å². The van der Waals surface area contributed by atoms with Crippen LogP contribution in [-0.2, 0) is 17.5 Å². The molecule has 0 aliphatic heterocycles. The zero-order valence-electron chi connectivity index (χ0n) is 14.6. The van der Waals surface area contributed by atoms with Crippen LogP contribution in [0, 0.1) is 0 Å². The topological polar surface area (TPSA) is 76.0 Å². The molecule has 2 N–H and O–H groups in total. The Morgan fingerprint density at radius 2 is 2.07 bits per heavy atom. The van der Waals surface area contributed by atoms with Crippen LogP contribution in [0.3, 0.4) is 0 Å². The van der Waals surface area contributed by atoms with Crippen molar-refractivity contribution < 1.29 is 22.8 Å². The Balaban J connectivity index is 1.73. The van der Waals surface area contributed by atoms with E-state index in [-0.39, 0.29) is 11.8 Å². The molecule has 27 heavy (non-hydrogen) atoms. The fraction of sp³-hybridized carbons (Fsp3) is 0.471. The fourth-order valence-electron chi connectivity index (χ4n) is 2.57. The molecule has 2 aromatic rings. The highest BCUT2D eigenvalue weighted by atomic mass is 32.2. The summed E-state index contributed by atoms with van der Waals surface area (Å²) < 4.78 is 40.6. The van der Waals surface area contributed by atoms with Crippen molar-refractivity contribution in [3.05, 3.63) is 23.8 Å². The highest BCUT2D eigenvalue weighted by Crippen LogP contribution is 2.33. The van der Waals surface area contributed by atoms with Crippen molar-refractivity contribution in [2.45, 2.75) is 50.1 Å². The number of thioether (sulfide) groups is 1. The standard InChI is InChI=1S/C17H19F3N4O2S/c1-2-7-24-13-8-10(17(18,19)20)3-6-12(13)22-16(24)27-9-14(25)23-15(26)21-11-4-5-11/h3,6,8,11H,2,4-5,7,9H2,1H3,(H2,21,23,25,26). The van der Waals surface area contributed by atoms with Crippen LogP contribution in [0.4, 0.5) is 18.0 Å². The van der Waals surface area contributed by atoms with E-state index >= 15 is 0 Å². The number of fused-ring (bicyclic) bond motifs is 1. The van der Waals surface area contributed by atoms with Gasteiger partial charge in [0.05, 0.1) is 22.3 Å². The molecule has 3 rings (SSSR count). The zero-order chi connectivity index (χ0) is 19.6. The van der Waals surface area contributed by atoms with E-state index < -0.39 is 23.7 Å². The number of benzene rings is 1. The third-order valence-corrected chi connectivity index (χ3v) is 4.96. The molecule has 6 nitrogen and oxygen atoms in total. The number of hydrogen-bond donors (Lipinski definition) is 2. The summed E-state index contributed by atoms with van der Waals surface area (Å²) in [6.45, 7) is 2.38. The largest absolute Gasteiger partial charge is 0.416 e. The minimum Gasteiger partial charge on any atom is -0.335 e. The van der Waals surface area contributed by atoms with Gasteiger partial charge in [-0.1, -0.05) is 18.7 Å². The average Bonchev–Trinajstić information content (AvgIpc) is 3.33. The molecule has 0 unspecified atom stereocenters. The van der Waals surface area contributed by atoms with Gasteiger partial charge in [0.15, 0.2) is 5.16 Å². The van der Waals surface area contributed by atoms with Crippen LogP contribution in [0.15, 0.2) is 23.4 Å². The highest BCUT2D eigenvalue weighted by Gasteiger charge is 2.31. The van der Waals surface area contributed by atoms with Crippen molar-refractivity contribution in [3.8, 4) is 0 Å². The summed E-state index contributed by atoms with van der Waals surface area (Å²) in [5, 5.41) is 5.34. The van der Waals surface area contributed by atoms with Crippen LogP contribution in [0.5, 0.6) is 0 Å². The van der Waals surface area contributed by atoms with E-state index in [1.807, 2.05) is 6.92 Å². The van der Waals surface area contributed by atoms with Crippen molar-refractivity contribution in [2.75, 3.05) is 5.75 Å². The Labute approximate surface area is 157 Å². The maximum absolute atomic E-state index is 13.0. The first-order chi connectivity index (χ1) is 12.8. The second kappa shape index (κ2) is 7.79. The molecular formula is C17H19F3N4O2S. The SMILES string of the molecule is CCCn1c(SCC(=O)NC(=O)NC2CC2)nc2ccc(C(F)(F)F)cc21. The van der Waals surface area contributed by atoms with Crippen molar-refractivity contribution >= 4 is 34.7 Å². The molecule has 1 aromatic heterocycles. The number of alkyl halides is 3. The van der Waals surface area contributed by atoms with Gasteiger partial charge in [0, 0.05) is 12.6 Å². The Bertz CT molecular complexity index is 862. The zero-order valence-corrected chi connectivity index (χ0v) is 15.4. The lowest BCUT2D eigenvalue weighted by atomic mass is 10.2. The van der Waals surface area contributed by atoms with Gasteiger partial charge in [-0.2, -0.15) is 13.2 Å². The van der Waals surface area contributed by atoms with Crippen molar-refractivity contribution in [3.63, 3.8) is 0 Å². The maximum atomic E-state index is 13.0. The van der Waals surface area contributed by atoms with Gasteiger partial charge in [0.1, 0.15) is 0 Å². The fourth-order valence-corrected chi connectivity index (χ4v) is 3.41. The first kappa shape index (κ1) is 19.5. The number of carbonyl (C=O) groups excluding carboxylic acids is 2. The molecule has 0 radical (unpaired) electrons. The molecule has 1 aliphatic carbocycles. The first-order valence-corrected chi connectivity index (χ1v) is 9.57. The van der Waals surface area contributed by atoms with E-state index in [0.717, 1.165) is 36.7 Å². The maximum Gasteiger partial charge on any atom is 0.416 e. The number of aromatic nitrogens is 2. The minimum atomic E-state index is -4.43. The minimum absolute atomic E-state index is 0.0583. The van der Waals surface area contributed by atoms with Crippen LogP contribution < -0.4 is 10.6 Å². The molecule has 1 fully saturated rings. The van der Waals surface area contributed by atoms with Gasteiger partial charge in [-0.25, -0.2) is 9.78 Å². The Morgan fingerprint density at radius 3 is 2.70 bits per heavy atom. The van der Waals surface area contributed by atoms with Gasteiger partial charge >= 0.3 is 12.2 Å². The quantitative estimate of drug-likeness (QED) is 0.728. The van der Waals surface area contributed by atoms with Gasteiger partial charge in [-0.3, -0.25) is 10.1 Å². The van der Waals surface area contributed by atoms with Gasteiger partial charge in [-0.15, -0.1) is 0 Å². The lowest BCUT2D eigenvalue weighted by molar-refractivity contribution is -0.137. The number of rotatable bonds is 6. The summed E-state index contributed by atoms with van der Waals surface area (Å²) in [5.74, 6) is -0.540. The molecule has 0 spiro atoms. The number of aryl methyl sites for hydroxylation is 1. The number of halogens is 3. The average molecular weight is 400 g/mol. The van der Waals surface area contributed by atoms with Crippen LogP contribution in [0.2, 0.25) is 0 Å². The van der Waals surface area contributed by atoms with E-state index in [2.05, 4.69) is 15.6 Å². The Kier molecular flexibility index (Phi) is 5.64. The summed E-state index contributed by atoms with van der Waals surface area (Å²) in [6, 6.07) is 3.01. The lowest BCUT2D eigenvalue weighted by Gasteiger charge is -2.09. The second-order valence-corrected chi connectivity index (χ2v) is 7.27.